The lowest BCUT2D eigenvalue weighted by molar-refractivity contribution is -0.0880. The van der Waals surface area contributed by atoms with E-state index in [2.05, 4.69) is 9.97 Å². The number of aliphatic hydroxyl groups is 1. The molecule has 19 heavy (non-hydrogen) atoms. The number of aliphatic hydroxyl groups excluding tert-OH is 1. The lowest BCUT2D eigenvalue weighted by Gasteiger charge is -2.37. The topological polar surface area (TPSA) is 58.1 Å². The van der Waals surface area contributed by atoms with Crippen molar-refractivity contribution >= 4 is 0 Å². The first-order valence-electron chi connectivity index (χ1n) is 5.84. The molecule has 0 amide bonds. The zero-order valence-corrected chi connectivity index (χ0v) is 9.99. The Kier molecular flexibility index (Phi) is 2.83. The van der Waals surface area contributed by atoms with Gasteiger partial charge in [-0.3, -0.25) is 0 Å². The molecule has 6 heteroatoms. The highest BCUT2D eigenvalue weighted by Gasteiger charge is 2.42. The quantitative estimate of drug-likeness (QED) is 0.887. The monoisotopic (exact) mass is 266 g/mol. The second kappa shape index (κ2) is 4.40. The van der Waals surface area contributed by atoms with Crippen molar-refractivity contribution in [1.82, 2.24) is 9.97 Å². The molecular formula is C13H12F2N2O2. The Bertz CT molecular complexity index is 603. The van der Waals surface area contributed by atoms with Crippen molar-refractivity contribution in [3.8, 4) is 11.3 Å². The summed E-state index contributed by atoms with van der Waals surface area (Å²) in [6.45, 7) is 0.621. The first kappa shape index (κ1) is 12.3. The van der Waals surface area contributed by atoms with Gasteiger partial charge in [0.05, 0.1) is 37.1 Å². The molecule has 1 aromatic carbocycles. The molecule has 1 aliphatic heterocycles. The van der Waals surface area contributed by atoms with Gasteiger partial charge in [-0.05, 0) is 18.2 Å². The molecule has 2 heterocycles. The van der Waals surface area contributed by atoms with Crippen molar-refractivity contribution in [1.29, 1.82) is 0 Å². The molecule has 1 fully saturated rings. The second-order valence-electron chi connectivity index (χ2n) is 4.70. The van der Waals surface area contributed by atoms with Gasteiger partial charge >= 0.3 is 0 Å². The van der Waals surface area contributed by atoms with Crippen LogP contribution in [0.4, 0.5) is 8.78 Å². The molecule has 100 valence electrons. The van der Waals surface area contributed by atoms with Crippen LogP contribution in [0.5, 0.6) is 0 Å². The van der Waals surface area contributed by atoms with E-state index in [1.54, 1.807) is 0 Å². The Morgan fingerprint density at radius 3 is 2.79 bits per heavy atom. The molecule has 3 rings (SSSR count). The number of nitrogens with one attached hydrogen (secondary N) is 1. The molecule has 2 aromatic rings. The Morgan fingerprint density at radius 1 is 1.37 bits per heavy atom. The number of aromatic nitrogens is 2. The first-order valence-corrected chi connectivity index (χ1v) is 5.84. The van der Waals surface area contributed by atoms with Crippen LogP contribution in [0.3, 0.4) is 0 Å². The minimum Gasteiger partial charge on any atom is -0.395 e. The summed E-state index contributed by atoms with van der Waals surface area (Å²) in [6.07, 6.45) is 1.43. The van der Waals surface area contributed by atoms with Crippen LogP contribution < -0.4 is 0 Å². The average molecular weight is 266 g/mol. The summed E-state index contributed by atoms with van der Waals surface area (Å²) < 4.78 is 31.9. The van der Waals surface area contributed by atoms with E-state index >= 15 is 0 Å². The van der Waals surface area contributed by atoms with Crippen LogP contribution in [-0.4, -0.2) is 34.9 Å². The van der Waals surface area contributed by atoms with Gasteiger partial charge in [0.2, 0.25) is 0 Å². The minimum atomic E-state index is -0.554. The third-order valence-corrected chi connectivity index (χ3v) is 3.36. The largest absolute Gasteiger partial charge is 0.395 e. The maximum Gasteiger partial charge on any atom is 0.132 e. The number of hydrogen-bond donors (Lipinski definition) is 2. The number of aromatic amines is 1. The molecule has 4 nitrogen and oxygen atoms in total. The molecule has 0 bridgehead atoms. The van der Waals surface area contributed by atoms with Crippen LogP contribution in [0, 0.1) is 11.6 Å². The Hall–Kier alpha value is -1.79. The number of nitrogens with zero attached hydrogens (tertiary/aromatic N) is 1. The molecule has 0 aliphatic carbocycles. The fourth-order valence-electron chi connectivity index (χ4n) is 2.08. The number of benzene rings is 1. The lowest BCUT2D eigenvalue weighted by atomic mass is 9.86. The summed E-state index contributed by atoms with van der Waals surface area (Å²) in [5, 5.41) is 9.39. The van der Waals surface area contributed by atoms with Gasteiger partial charge < -0.3 is 14.8 Å². The Labute approximate surface area is 108 Å². The van der Waals surface area contributed by atoms with E-state index in [1.165, 1.54) is 6.20 Å². The van der Waals surface area contributed by atoms with Crippen molar-refractivity contribution < 1.29 is 18.6 Å². The molecule has 1 saturated heterocycles. The summed E-state index contributed by atoms with van der Waals surface area (Å²) in [5.41, 5.74) is -0.0546. The summed E-state index contributed by atoms with van der Waals surface area (Å²) in [6, 6.07) is 3.24. The van der Waals surface area contributed by atoms with Crippen molar-refractivity contribution in [3.63, 3.8) is 0 Å². The van der Waals surface area contributed by atoms with Gasteiger partial charge in [0.25, 0.3) is 0 Å². The summed E-state index contributed by atoms with van der Waals surface area (Å²) >= 11 is 0. The molecule has 1 aliphatic rings. The third kappa shape index (κ3) is 1.93. The van der Waals surface area contributed by atoms with E-state index in [1.807, 2.05) is 0 Å². The van der Waals surface area contributed by atoms with Crippen LogP contribution >= 0.6 is 0 Å². The van der Waals surface area contributed by atoms with Crippen LogP contribution in [0.25, 0.3) is 11.3 Å². The van der Waals surface area contributed by atoms with Crippen molar-refractivity contribution in [2.24, 2.45) is 0 Å². The first-order chi connectivity index (χ1) is 9.14. The normalized spacial score (nSPS) is 17.2. The number of imidazole rings is 1. The fraction of sp³-hybridized carbons (Fsp3) is 0.308. The minimum absolute atomic E-state index is 0.106. The van der Waals surface area contributed by atoms with Gasteiger partial charge in [-0.15, -0.1) is 0 Å². The fourth-order valence-corrected chi connectivity index (χ4v) is 2.08. The summed E-state index contributed by atoms with van der Waals surface area (Å²) in [4.78, 5) is 7.08. The maximum atomic E-state index is 13.7. The van der Waals surface area contributed by atoms with E-state index in [9.17, 15) is 13.9 Å². The molecule has 0 atom stereocenters. The molecule has 0 saturated carbocycles. The third-order valence-electron chi connectivity index (χ3n) is 3.36. The highest BCUT2D eigenvalue weighted by atomic mass is 19.1. The summed E-state index contributed by atoms with van der Waals surface area (Å²) in [5.74, 6) is -0.518. The van der Waals surface area contributed by atoms with Crippen LogP contribution in [0.1, 0.15) is 5.82 Å². The molecule has 0 radical (unpaired) electrons. The van der Waals surface area contributed by atoms with E-state index in [-0.39, 0.29) is 12.2 Å². The van der Waals surface area contributed by atoms with Crippen molar-refractivity contribution in [2.45, 2.75) is 5.41 Å². The van der Waals surface area contributed by atoms with Gasteiger partial charge in [0, 0.05) is 5.56 Å². The maximum absolute atomic E-state index is 13.7. The second-order valence-corrected chi connectivity index (χ2v) is 4.70. The number of hydrogen-bond acceptors (Lipinski definition) is 3. The van der Waals surface area contributed by atoms with Crippen LogP contribution in [0.2, 0.25) is 0 Å². The smallest absolute Gasteiger partial charge is 0.132 e. The summed E-state index contributed by atoms with van der Waals surface area (Å²) in [7, 11) is 0. The van der Waals surface area contributed by atoms with E-state index in [0.29, 0.717) is 24.7 Å². The molecule has 2 N–H and O–H groups in total. The zero-order valence-electron chi connectivity index (χ0n) is 9.99. The van der Waals surface area contributed by atoms with Gasteiger partial charge in [-0.1, -0.05) is 0 Å². The Balaban J connectivity index is 1.99. The molecule has 1 aromatic heterocycles. The van der Waals surface area contributed by atoms with E-state index < -0.39 is 17.0 Å². The van der Waals surface area contributed by atoms with Gasteiger partial charge in [-0.2, -0.15) is 0 Å². The average Bonchev–Trinajstić information content (AvgIpc) is 2.81. The number of halogens is 2. The lowest BCUT2D eigenvalue weighted by Crippen LogP contribution is -2.50. The van der Waals surface area contributed by atoms with E-state index in [0.717, 1.165) is 18.2 Å². The molecule has 0 spiro atoms. The SMILES string of the molecule is OCC1(c2ncc(-c3cc(F)ccc3F)[nH]2)COC1. The zero-order chi connectivity index (χ0) is 13.5. The van der Waals surface area contributed by atoms with Gasteiger partial charge in [0.15, 0.2) is 0 Å². The molecule has 0 unspecified atom stereocenters. The number of ether oxygens (including phenoxy) is 1. The predicted molar refractivity (Wildman–Crippen MR) is 63.5 cm³/mol. The van der Waals surface area contributed by atoms with Crippen molar-refractivity contribution in [3.05, 3.63) is 41.9 Å². The molecular weight excluding hydrogens is 254 g/mol. The van der Waals surface area contributed by atoms with Crippen molar-refractivity contribution in [2.75, 3.05) is 19.8 Å². The van der Waals surface area contributed by atoms with Gasteiger partial charge in [-0.25, -0.2) is 13.8 Å². The predicted octanol–water partition coefficient (Wildman–Crippen LogP) is 1.62. The number of rotatable bonds is 3. The Morgan fingerprint density at radius 2 is 2.16 bits per heavy atom. The van der Waals surface area contributed by atoms with Gasteiger partial charge in [0.1, 0.15) is 17.5 Å². The van der Waals surface area contributed by atoms with Crippen LogP contribution in [-0.2, 0) is 10.2 Å². The highest BCUT2D eigenvalue weighted by molar-refractivity contribution is 5.59. The van der Waals surface area contributed by atoms with E-state index in [4.69, 9.17) is 4.74 Å². The number of H-pyrrole nitrogens is 1. The highest BCUT2D eigenvalue weighted by Crippen LogP contribution is 2.31. The van der Waals surface area contributed by atoms with Crippen LogP contribution in [0.15, 0.2) is 24.4 Å². The standard InChI is InChI=1S/C13H12F2N2O2/c14-8-1-2-10(15)9(3-8)11-4-16-12(17-11)13(5-18)6-19-7-13/h1-4,18H,5-7H2,(H,16,17).